The van der Waals surface area contributed by atoms with Crippen LogP contribution in [0.25, 0.3) is 0 Å². The summed E-state index contributed by atoms with van der Waals surface area (Å²) in [5, 5.41) is 0. The molecule has 0 aromatic heterocycles. The van der Waals surface area contributed by atoms with Crippen LogP contribution in [0.2, 0.25) is 0 Å². The Morgan fingerprint density at radius 2 is 1.67 bits per heavy atom. The van der Waals surface area contributed by atoms with Crippen LogP contribution in [-0.2, 0) is 6.42 Å². The van der Waals surface area contributed by atoms with Crippen molar-refractivity contribution in [1.29, 1.82) is 0 Å². The van der Waals surface area contributed by atoms with Crippen LogP contribution < -0.4 is 5.73 Å². The molecule has 2 rings (SSSR count). The van der Waals surface area contributed by atoms with E-state index in [2.05, 4.69) is 44.2 Å². The van der Waals surface area contributed by atoms with E-state index in [1.54, 1.807) is 0 Å². The number of hydrogen-bond donors (Lipinski definition) is 1. The molecule has 0 bridgehead atoms. The topological polar surface area (TPSA) is 26.0 Å². The van der Waals surface area contributed by atoms with Gasteiger partial charge in [0.05, 0.1) is 0 Å². The van der Waals surface area contributed by atoms with Gasteiger partial charge in [0.2, 0.25) is 0 Å². The first kappa shape index (κ1) is 12.8. The molecular formula is C17H21N. The maximum atomic E-state index is 6.23. The first-order valence-corrected chi connectivity index (χ1v) is 6.54. The zero-order valence-electron chi connectivity index (χ0n) is 11.2. The van der Waals surface area contributed by atoms with E-state index in [1.807, 2.05) is 18.2 Å². The van der Waals surface area contributed by atoms with Crippen molar-refractivity contribution in [2.75, 3.05) is 0 Å². The van der Waals surface area contributed by atoms with E-state index in [4.69, 9.17) is 5.73 Å². The molecule has 0 aliphatic rings. The predicted octanol–water partition coefficient (Wildman–Crippen LogP) is 3.94. The van der Waals surface area contributed by atoms with Gasteiger partial charge in [0.15, 0.2) is 0 Å². The maximum Gasteiger partial charge on any atom is 0.0298 e. The summed E-state index contributed by atoms with van der Waals surface area (Å²) in [6.07, 6.45) is 2.04. The van der Waals surface area contributed by atoms with Crippen molar-refractivity contribution < 1.29 is 0 Å². The van der Waals surface area contributed by atoms with E-state index in [0.29, 0.717) is 0 Å². The van der Waals surface area contributed by atoms with Gasteiger partial charge in [-0.05, 0) is 48.9 Å². The third-order valence-electron chi connectivity index (χ3n) is 3.67. The Labute approximate surface area is 110 Å². The van der Waals surface area contributed by atoms with E-state index in [1.165, 1.54) is 22.3 Å². The minimum Gasteiger partial charge on any atom is -0.324 e. The van der Waals surface area contributed by atoms with Crippen LogP contribution in [0.1, 0.15) is 34.7 Å². The van der Waals surface area contributed by atoms with Gasteiger partial charge in [-0.2, -0.15) is 0 Å². The van der Waals surface area contributed by atoms with Crippen molar-refractivity contribution in [3.8, 4) is 0 Å². The molecule has 0 saturated carbocycles. The van der Waals surface area contributed by atoms with Crippen LogP contribution in [0.5, 0.6) is 0 Å². The molecule has 0 radical (unpaired) electrons. The van der Waals surface area contributed by atoms with Crippen LogP contribution in [-0.4, -0.2) is 0 Å². The minimum atomic E-state index is 0.131. The number of rotatable bonds is 4. The number of benzene rings is 2. The summed E-state index contributed by atoms with van der Waals surface area (Å²) >= 11 is 0. The van der Waals surface area contributed by atoms with Crippen molar-refractivity contribution in [2.24, 2.45) is 5.73 Å². The molecule has 1 nitrogen and oxygen atoms in total. The molecule has 0 saturated heterocycles. The van der Waals surface area contributed by atoms with Crippen LogP contribution in [0.15, 0.2) is 48.5 Å². The molecule has 2 N–H and O–H groups in total. The second-order valence-electron chi connectivity index (χ2n) is 4.91. The van der Waals surface area contributed by atoms with Crippen molar-refractivity contribution in [3.63, 3.8) is 0 Å². The first-order valence-electron chi connectivity index (χ1n) is 6.54. The second-order valence-corrected chi connectivity index (χ2v) is 4.91. The van der Waals surface area contributed by atoms with Gasteiger partial charge >= 0.3 is 0 Å². The predicted molar refractivity (Wildman–Crippen MR) is 77.6 cm³/mol. The van der Waals surface area contributed by atoms with Crippen molar-refractivity contribution >= 4 is 0 Å². The van der Waals surface area contributed by atoms with Crippen molar-refractivity contribution in [1.82, 2.24) is 0 Å². The van der Waals surface area contributed by atoms with Crippen molar-refractivity contribution in [3.05, 3.63) is 70.8 Å². The van der Waals surface area contributed by atoms with Crippen LogP contribution in [0.3, 0.4) is 0 Å². The summed E-state index contributed by atoms with van der Waals surface area (Å²) in [6, 6.07) is 17.0. The van der Waals surface area contributed by atoms with Gasteiger partial charge in [-0.1, -0.05) is 48.5 Å². The zero-order chi connectivity index (χ0) is 13.0. The van der Waals surface area contributed by atoms with E-state index >= 15 is 0 Å². The van der Waals surface area contributed by atoms with Gasteiger partial charge < -0.3 is 5.73 Å². The van der Waals surface area contributed by atoms with Gasteiger partial charge in [0.25, 0.3) is 0 Å². The fourth-order valence-electron chi connectivity index (χ4n) is 2.26. The molecule has 0 heterocycles. The van der Waals surface area contributed by atoms with Crippen molar-refractivity contribution in [2.45, 2.75) is 32.7 Å². The molecule has 0 aliphatic carbocycles. The zero-order valence-corrected chi connectivity index (χ0v) is 11.2. The first-order chi connectivity index (χ1) is 8.68. The number of aryl methyl sites for hydroxylation is 2. The van der Waals surface area contributed by atoms with Gasteiger partial charge in [-0.25, -0.2) is 0 Å². The highest BCUT2D eigenvalue weighted by Crippen LogP contribution is 2.19. The Kier molecular flexibility index (Phi) is 4.16. The van der Waals surface area contributed by atoms with Crippen LogP contribution in [0.4, 0.5) is 0 Å². The second kappa shape index (κ2) is 5.83. The monoisotopic (exact) mass is 239 g/mol. The fraction of sp³-hybridized carbons (Fsp3) is 0.294. The molecule has 0 aliphatic heterocycles. The summed E-state index contributed by atoms with van der Waals surface area (Å²) in [4.78, 5) is 0. The van der Waals surface area contributed by atoms with Crippen LogP contribution >= 0.6 is 0 Å². The van der Waals surface area contributed by atoms with Gasteiger partial charge in [0.1, 0.15) is 0 Å². The quantitative estimate of drug-likeness (QED) is 0.859. The van der Waals surface area contributed by atoms with E-state index < -0.39 is 0 Å². The standard InChI is InChI=1S/C17H21N/c1-13-7-6-10-15(14(13)2)11-12-17(18)16-8-4-3-5-9-16/h3-10,17H,11-12,18H2,1-2H3. The summed E-state index contributed by atoms with van der Waals surface area (Å²) in [7, 11) is 0. The molecule has 0 amide bonds. The summed E-state index contributed by atoms with van der Waals surface area (Å²) in [6.45, 7) is 4.36. The summed E-state index contributed by atoms with van der Waals surface area (Å²) < 4.78 is 0. The Morgan fingerprint density at radius 3 is 2.39 bits per heavy atom. The van der Waals surface area contributed by atoms with E-state index in [9.17, 15) is 0 Å². The highest BCUT2D eigenvalue weighted by Gasteiger charge is 2.07. The summed E-state index contributed by atoms with van der Waals surface area (Å²) in [5.74, 6) is 0. The molecule has 1 heteroatoms. The molecule has 0 fully saturated rings. The SMILES string of the molecule is Cc1cccc(CCC(N)c2ccccc2)c1C. The lowest BCUT2D eigenvalue weighted by molar-refractivity contribution is 0.650. The van der Waals surface area contributed by atoms with E-state index in [0.717, 1.165) is 12.8 Å². The molecule has 1 atom stereocenters. The van der Waals surface area contributed by atoms with Gasteiger partial charge in [-0.3, -0.25) is 0 Å². The molecule has 18 heavy (non-hydrogen) atoms. The molecule has 2 aromatic rings. The normalized spacial score (nSPS) is 12.4. The minimum absolute atomic E-state index is 0.131. The Bertz CT molecular complexity index is 502. The van der Waals surface area contributed by atoms with E-state index in [-0.39, 0.29) is 6.04 Å². The maximum absolute atomic E-state index is 6.23. The number of hydrogen-bond acceptors (Lipinski definition) is 1. The van der Waals surface area contributed by atoms with Crippen LogP contribution in [0, 0.1) is 13.8 Å². The number of nitrogens with two attached hydrogens (primary N) is 1. The highest BCUT2D eigenvalue weighted by atomic mass is 14.6. The molecule has 2 aromatic carbocycles. The smallest absolute Gasteiger partial charge is 0.0298 e. The fourth-order valence-corrected chi connectivity index (χ4v) is 2.26. The molecule has 0 spiro atoms. The van der Waals surface area contributed by atoms with Gasteiger partial charge in [-0.15, -0.1) is 0 Å². The third-order valence-corrected chi connectivity index (χ3v) is 3.67. The average molecular weight is 239 g/mol. The average Bonchev–Trinajstić information content (AvgIpc) is 2.41. The lowest BCUT2D eigenvalue weighted by atomic mass is 9.95. The van der Waals surface area contributed by atoms with Gasteiger partial charge in [0, 0.05) is 6.04 Å². The summed E-state index contributed by atoms with van der Waals surface area (Å²) in [5.41, 5.74) is 11.6. The largest absolute Gasteiger partial charge is 0.324 e. The molecule has 1 unspecified atom stereocenters. The third kappa shape index (κ3) is 2.99. The Balaban J connectivity index is 2.02. The lowest BCUT2D eigenvalue weighted by Crippen LogP contribution is -2.11. The lowest BCUT2D eigenvalue weighted by Gasteiger charge is -2.14. The Hall–Kier alpha value is -1.60. The highest BCUT2D eigenvalue weighted by molar-refractivity contribution is 5.33. The Morgan fingerprint density at radius 1 is 0.944 bits per heavy atom. The molecule has 94 valence electrons. The molecular weight excluding hydrogens is 218 g/mol.